The quantitative estimate of drug-likeness (QED) is 0.331. The van der Waals surface area contributed by atoms with Crippen molar-refractivity contribution in [2.24, 2.45) is 0 Å². The Hall–Kier alpha value is -0.220. The van der Waals surface area contributed by atoms with Crippen molar-refractivity contribution in [1.29, 1.82) is 0 Å². The van der Waals surface area contributed by atoms with Gasteiger partial charge in [-0.2, -0.15) is 0 Å². The highest BCUT2D eigenvalue weighted by Crippen LogP contribution is 2.45. The molecule has 0 aromatic heterocycles. The number of ether oxygens (including phenoxy) is 1. The number of hydrogen-bond donors (Lipinski definition) is 0. The van der Waals surface area contributed by atoms with Gasteiger partial charge in [0.15, 0.2) is 0 Å². The van der Waals surface area contributed by atoms with Gasteiger partial charge in [0.05, 0.1) is 13.2 Å². The van der Waals surface area contributed by atoms with E-state index in [1.165, 1.54) is 6.92 Å². The topological polar surface area (TPSA) is 48.0 Å². The Kier molecular flexibility index (Phi) is 11.3. The maximum Gasteiger partial charge on any atom is 0.302 e. The molecule has 0 bridgehead atoms. The van der Waals surface area contributed by atoms with Crippen LogP contribution in [0.4, 0.5) is 0 Å². The molecule has 1 unspecified atom stereocenters. The molecule has 0 aromatic carbocycles. The summed E-state index contributed by atoms with van der Waals surface area (Å²) in [6.07, 6.45) is 2.12. The minimum Gasteiger partial charge on any atom is -0.463 e. The molecule has 0 aliphatic rings. The van der Waals surface area contributed by atoms with E-state index in [9.17, 15) is 4.79 Å². The molecule has 0 N–H and O–H groups in total. The lowest BCUT2D eigenvalue weighted by Gasteiger charge is -2.35. The van der Waals surface area contributed by atoms with Crippen molar-refractivity contribution in [2.45, 2.75) is 66.5 Å². The number of carbonyl (C=O) groups is 1. The average Bonchev–Trinajstić information content (AvgIpc) is 2.33. The third-order valence-corrected chi connectivity index (χ3v) is 4.64. The minimum atomic E-state index is -1.10. The highest BCUT2D eigenvalue weighted by Gasteiger charge is 2.26. The first-order valence-electron chi connectivity index (χ1n) is 7.37. The van der Waals surface area contributed by atoms with Crippen LogP contribution in [0.5, 0.6) is 0 Å². The maximum absolute atomic E-state index is 10.7. The summed E-state index contributed by atoms with van der Waals surface area (Å²) in [4.78, 5) is 10.7. The highest BCUT2D eigenvalue weighted by molar-refractivity contribution is 7.44. The molecule has 0 fully saturated rings. The Balaban J connectivity index is 4.40. The fraction of sp³-hybridized carbons (Fsp3) is 0.929. The number of hydrogen-bond acceptors (Lipinski definition) is 5. The van der Waals surface area contributed by atoms with Gasteiger partial charge in [-0.05, 0) is 34.1 Å². The zero-order valence-electron chi connectivity index (χ0n) is 13.7. The van der Waals surface area contributed by atoms with E-state index in [0.717, 1.165) is 12.8 Å². The van der Waals surface area contributed by atoms with E-state index < -0.39 is 8.53 Å². The zero-order valence-corrected chi connectivity index (χ0v) is 14.6. The second-order valence-corrected chi connectivity index (χ2v) is 6.62. The lowest BCUT2D eigenvalue weighted by Crippen LogP contribution is -2.34. The van der Waals surface area contributed by atoms with Crippen molar-refractivity contribution >= 4 is 14.5 Å². The Morgan fingerprint density at radius 2 is 1.60 bits per heavy atom. The minimum absolute atomic E-state index is 0.273. The van der Waals surface area contributed by atoms with Crippen LogP contribution in [0.2, 0.25) is 0 Å². The lowest BCUT2D eigenvalue weighted by molar-refractivity contribution is -0.141. The highest BCUT2D eigenvalue weighted by atomic mass is 31.2. The van der Waals surface area contributed by atoms with E-state index in [2.05, 4.69) is 39.3 Å². The van der Waals surface area contributed by atoms with Crippen LogP contribution in [0, 0.1) is 0 Å². The van der Waals surface area contributed by atoms with Crippen molar-refractivity contribution in [3.8, 4) is 0 Å². The van der Waals surface area contributed by atoms with Crippen molar-refractivity contribution in [2.75, 3.05) is 19.8 Å². The van der Waals surface area contributed by atoms with Gasteiger partial charge in [-0.15, -0.1) is 0 Å². The van der Waals surface area contributed by atoms with Gasteiger partial charge in [0.2, 0.25) is 0 Å². The van der Waals surface area contributed by atoms with Crippen LogP contribution in [0.15, 0.2) is 0 Å². The number of nitrogens with zero attached hydrogens (tertiary/aromatic N) is 1. The summed E-state index contributed by atoms with van der Waals surface area (Å²) < 4.78 is 18.8. The Morgan fingerprint density at radius 3 is 2.05 bits per heavy atom. The van der Waals surface area contributed by atoms with Gasteiger partial charge in [0.25, 0.3) is 8.53 Å². The second-order valence-electron chi connectivity index (χ2n) is 5.17. The first-order chi connectivity index (χ1) is 9.40. The number of carbonyl (C=O) groups excluding carboxylic acids is 1. The van der Waals surface area contributed by atoms with Crippen LogP contribution >= 0.6 is 8.53 Å². The van der Waals surface area contributed by atoms with Gasteiger partial charge in [0.1, 0.15) is 6.61 Å². The first kappa shape index (κ1) is 19.8. The molecule has 0 radical (unpaired) electrons. The molecule has 0 saturated heterocycles. The molecule has 0 amide bonds. The number of unbranched alkanes of at least 4 members (excludes halogenated alkanes) is 1. The van der Waals surface area contributed by atoms with E-state index >= 15 is 0 Å². The Labute approximate surface area is 124 Å². The molecule has 0 rings (SSSR count). The van der Waals surface area contributed by atoms with Gasteiger partial charge in [-0.3, -0.25) is 4.79 Å². The van der Waals surface area contributed by atoms with E-state index in [0.29, 0.717) is 25.3 Å². The summed E-state index contributed by atoms with van der Waals surface area (Å²) >= 11 is 0. The predicted octanol–water partition coefficient (Wildman–Crippen LogP) is 3.73. The SMILES string of the molecule is CCCCOP(OCCOC(C)=O)N(C(C)C)C(C)C. The van der Waals surface area contributed by atoms with Crippen LogP contribution < -0.4 is 0 Å². The van der Waals surface area contributed by atoms with Gasteiger partial charge in [-0.25, -0.2) is 4.67 Å². The van der Waals surface area contributed by atoms with Gasteiger partial charge >= 0.3 is 5.97 Å². The van der Waals surface area contributed by atoms with Crippen LogP contribution in [0.3, 0.4) is 0 Å². The van der Waals surface area contributed by atoms with Gasteiger partial charge in [0, 0.05) is 19.0 Å². The van der Waals surface area contributed by atoms with Crippen molar-refractivity contribution in [3.63, 3.8) is 0 Å². The third-order valence-electron chi connectivity index (χ3n) is 2.54. The van der Waals surface area contributed by atoms with Crippen LogP contribution in [0.1, 0.15) is 54.4 Å². The lowest BCUT2D eigenvalue weighted by atomic mass is 10.3. The normalized spacial score (nSPS) is 13.2. The number of rotatable bonds is 11. The molecule has 0 saturated carbocycles. The summed E-state index contributed by atoms with van der Waals surface area (Å²) in [7, 11) is -1.10. The molecule has 0 spiro atoms. The molecule has 5 nitrogen and oxygen atoms in total. The smallest absolute Gasteiger partial charge is 0.302 e. The fourth-order valence-corrected chi connectivity index (χ4v) is 3.34. The van der Waals surface area contributed by atoms with E-state index in [4.69, 9.17) is 13.8 Å². The fourth-order valence-electron chi connectivity index (χ4n) is 1.73. The van der Waals surface area contributed by atoms with E-state index in [1.807, 2.05) is 0 Å². The summed E-state index contributed by atoms with van der Waals surface area (Å²) in [6.45, 7) is 13.4. The van der Waals surface area contributed by atoms with Gasteiger partial charge < -0.3 is 13.8 Å². The molecule has 0 aliphatic carbocycles. The monoisotopic (exact) mass is 307 g/mol. The number of esters is 1. The molecule has 0 heterocycles. The molecule has 20 heavy (non-hydrogen) atoms. The zero-order chi connectivity index (χ0) is 15.5. The summed E-state index contributed by atoms with van der Waals surface area (Å²) in [5, 5.41) is 0. The second kappa shape index (κ2) is 11.4. The Bertz CT molecular complexity index is 254. The molecule has 0 aromatic rings. The maximum atomic E-state index is 10.7. The van der Waals surface area contributed by atoms with Crippen molar-refractivity contribution in [3.05, 3.63) is 0 Å². The molecular formula is C14H30NO4P. The van der Waals surface area contributed by atoms with E-state index in [1.54, 1.807) is 0 Å². The summed E-state index contributed by atoms with van der Waals surface area (Å²) in [6, 6.07) is 0.688. The molecule has 120 valence electrons. The predicted molar refractivity (Wildman–Crippen MR) is 82.5 cm³/mol. The summed E-state index contributed by atoms with van der Waals surface area (Å²) in [5.41, 5.74) is 0. The van der Waals surface area contributed by atoms with Crippen molar-refractivity contribution in [1.82, 2.24) is 4.67 Å². The van der Waals surface area contributed by atoms with E-state index in [-0.39, 0.29) is 12.6 Å². The Morgan fingerprint density at radius 1 is 1.05 bits per heavy atom. The van der Waals surface area contributed by atoms with Crippen LogP contribution in [-0.4, -0.2) is 42.5 Å². The standard InChI is InChI=1S/C14H30NO4P/c1-7-8-9-18-20(15(12(2)3)13(4)5)19-11-10-17-14(6)16/h12-13H,7-11H2,1-6H3. The van der Waals surface area contributed by atoms with Crippen LogP contribution in [0.25, 0.3) is 0 Å². The van der Waals surface area contributed by atoms with Crippen molar-refractivity contribution < 1.29 is 18.6 Å². The molecule has 6 heteroatoms. The largest absolute Gasteiger partial charge is 0.463 e. The first-order valence-corrected chi connectivity index (χ1v) is 8.50. The molecule has 0 aliphatic heterocycles. The molecular weight excluding hydrogens is 277 g/mol. The third kappa shape index (κ3) is 8.85. The average molecular weight is 307 g/mol. The van der Waals surface area contributed by atoms with Crippen LogP contribution in [-0.2, 0) is 18.6 Å². The van der Waals surface area contributed by atoms with Gasteiger partial charge in [-0.1, -0.05) is 13.3 Å². The molecule has 1 atom stereocenters. The summed E-state index contributed by atoms with van der Waals surface area (Å²) in [5.74, 6) is -0.283.